The predicted octanol–water partition coefficient (Wildman–Crippen LogP) is 3.22. The lowest BCUT2D eigenvalue weighted by atomic mass is 10.1. The Morgan fingerprint density at radius 2 is 2.05 bits per heavy atom. The van der Waals surface area contributed by atoms with Crippen molar-refractivity contribution in [3.05, 3.63) is 36.0 Å². The summed E-state index contributed by atoms with van der Waals surface area (Å²) in [4.78, 5) is 0. The Hall–Kier alpha value is -1.32. The van der Waals surface area contributed by atoms with Gasteiger partial charge in [0.15, 0.2) is 0 Å². The SMILES string of the molecule is CCCCOCCn1cc(CCNC)c2ccccc21. The van der Waals surface area contributed by atoms with Crippen LogP contribution in [-0.4, -0.2) is 31.4 Å². The van der Waals surface area contributed by atoms with Crippen LogP contribution in [0.5, 0.6) is 0 Å². The summed E-state index contributed by atoms with van der Waals surface area (Å²) in [6.07, 6.45) is 5.70. The summed E-state index contributed by atoms with van der Waals surface area (Å²) in [7, 11) is 2.00. The highest BCUT2D eigenvalue weighted by Gasteiger charge is 2.07. The molecular weight excluding hydrogens is 248 g/mol. The van der Waals surface area contributed by atoms with Crippen LogP contribution in [-0.2, 0) is 17.7 Å². The molecule has 3 nitrogen and oxygen atoms in total. The maximum absolute atomic E-state index is 5.68. The van der Waals surface area contributed by atoms with E-state index in [1.54, 1.807) is 0 Å². The normalized spacial score (nSPS) is 11.3. The molecule has 1 N–H and O–H groups in total. The molecule has 1 aromatic carbocycles. The average molecular weight is 274 g/mol. The number of hydrogen-bond donors (Lipinski definition) is 1. The van der Waals surface area contributed by atoms with Gasteiger partial charge in [0.05, 0.1) is 6.61 Å². The number of hydrogen-bond acceptors (Lipinski definition) is 2. The van der Waals surface area contributed by atoms with Gasteiger partial charge in [0, 0.05) is 30.3 Å². The van der Waals surface area contributed by atoms with Crippen LogP contribution in [0, 0.1) is 0 Å². The third kappa shape index (κ3) is 3.84. The maximum Gasteiger partial charge on any atom is 0.0645 e. The lowest BCUT2D eigenvalue weighted by Crippen LogP contribution is -2.10. The predicted molar refractivity (Wildman–Crippen MR) is 85.3 cm³/mol. The second-order valence-electron chi connectivity index (χ2n) is 5.18. The van der Waals surface area contributed by atoms with E-state index < -0.39 is 0 Å². The number of rotatable bonds is 9. The number of unbranched alkanes of at least 4 members (excludes halogenated alkanes) is 1. The molecule has 110 valence electrons. The van der Waals surface area contributed by atoms with Crippen LogP contribution in [0.1, 0.15) is 25.3 Å². The van der Waals surface area contributed by atoms with Crippen molar-refractivity contribution >= 4 is 10.9 Å². The van der Waals surface area contributed by atoms with Crippen LogP contribution in [0.2, 0.25) is 0 Å². The van der Waals surface area contributed by atoms with Crippen LogP contribution in [0.4, 0.5) is 0 Å². The van der Waals surface area contributed by atoms with Gasteiger partial charge in [-0.25, -0.2) is 0 Å². The van der Waals surface area contributed by atoms with E-state index in [2.05, 4.69) is 47.3 Å². The van der Waals surface area contributed by atoms with Gasteiger partial charge in [-0.05, 0) is 38.1 Å². The average Bonchev–Trinajstić information content (AvgIpc) is 2.83. The van der Waals surface area contributed by atoms with Gasteiger partial charge in [-0.2, -0.15) is 0 Å². The molecule has 0 atom stereocenters. The first-order chi connectivity index (χ1) is 9.86. The van der Waals surface area contributed by atoms with Gasteiger partial charge >= 0.3 is 0 Å². The number of nitrogens with one attached hydrogen (secondary N) is 1. The Bertz CT molecular complexity index is 519. The Kier molecular flexibility index (Phi) is 6.09. The van der Waals surface area contributed by atoms with Gasteiger partial charge in [0.2, 0.25) is 0 Å². The van der Waals surface area contributed by atoms with Gasteiger partial charge in [0.25, 0.3) is 0 Å². The summed E-state index contributed by atoms with van der Waals surface area (Å²) in [6.45, 7) is 5.81. The second kappa shape index (κ2) is 8.08. The Labute approximate surface area is 121 Å². The number of likely N-dealkylation sites (N-methyl/N-ethyl adjacent to an activating group) is 1. The van der Waals surface area contributed by atoms with E-state index in [0.29, 0.717) is 0 Å². The van der Waals surface area contributed by atoms with Gasteiger partial charge in [-0.15, -0.1) is 0 Å². The molecule has 0 spiro atoms. The van der Waals surface area contributed by atoms with Crippen molar-refractivity contribution < 1.29 is 4.74 Å². The fourth-order valence-corrected chi connectivity index (χ4v) is 2.48. The van der Waals surface area contributed by atoms with E-state index >= 15 is 0 Å². The minimum Gasteiger partial charge on any atom is -0.380 e. The summed E-state index contributed by atoms with van der Waals surface area (Å²) in [5.74, 6) is 0. The van der Waals surface area contributed by atoms with Crippen molar-refractivity contribution in [1.29, 1.82) is 0 Å². The third-order valence-corrected chi connectivity index (χ3v) is 3.63. The van der Waals surface area contributed by atoms with Crippen LogP contribution in [0.15, 0.2) is 30.5 Å². The minimum absolute atomic E-state index is 0.796. The molecule has 0 amide bonds. The quantitative estimate of drug-likeness (QED) is 0.711. The zero-order valence-corrected chi connectivity index (χ0v) is 12.7. The lowest BCUT2D eigenvalue weighted by Gasteiger charge is -2.06. The molecule has 0 bridgehead atoms. The fourth-order valence-electron chi connectivity index (χ4n) is 2.48. The molecule has 0 aliphatic heterocycles. The first kappa shape index (κ1) is 15.1. The highest BCUT2D eigenvalue weighted by Crippen LogP contribution is 2.21. The maximum atomic E-state index is 5.68. The van der Waals surface area contributed by atoms with E-state index in [1.165, 1.54) is 22.9 Å². The Balaban J connectivity index is 2.04. The van der Waals surface area contributed by atoms with Crippen molar-refractivity contribution in [1.82, 2.24) is 9.88 Å². The van der Waals surface area contributed by atoms with E-state index in [-0.39, 0.29) is 0 Å². The van der Waals surface area contributed by atoms with Gasteiger partial charge in [-0.3, -0.25) is 0 Å². The first-order valence-electron chi connectivity index (χ1n) is 7.66. The Morgan fingerprint density at radius 3 is 2.85 bits per heavy atom. The molecule has 20 heavy (non-hydrogen) atoms. The smallest absolute Gasteiger partial charge is 0.0645 e. The molecule has 0 fully saturated rings. The van der Waals surface area contributed by atoms with Crippen molar-refractivity contribution in [2.75, 3.05) is 26.8 Å². The molecule has 1 aromatic heterocycles. The molecule has 0 saturated heterocycles. The van der Waals surface area contributed by atoms with Crippen LogP contribution < -0.4 is 5.32 Å². The van der Waals surface area contributed by atoms with Crippen molar-refractivity contribution in [3.8, 4) is 0 Å². The zero-order valence-electron chi connectivity index (χ0n) is 12.7. The molecule has 2 rings (SSSR count). The van der Waals surface area contributed by atoms with Crippen LogP contribution in [0.3, 0.4) is 0 Å². The van der Waals surface area contributed by atoms with Gasteiger partial charge in [-0.1, -0.05) is 31.5 Å². The van der Waals surface area contributed by atoms with Crippen molar-refractivity contribution in [2.45, 2.75) is 32.7 Å². The number of para-hydroxylation sites is 1. The second-order valence-corrected chi connectivity index (χ2v) is 5.18. The topological polar surface area (TPSA) is 26.2 Å². The van der Waals surface area contributed by atoms with Crippen molar-refractivity contribution in [2.24, 2.45) is 0 Å². The molecule has 0 aliphatic carbocycles. The highest BCUT2D eigenvalue weighted by atomic mass is 16.5. The molecule has 0 radical (unpaired) electrons. The van der Waals surface area contributed by atoms with Gasteiger partial charge < -0.3 is 14.6 Å². The zero-order chi connectivity index (χ0) is 14.2. The standard InChI is InChI=1S/C17H26N2O/c1-3-4-12-20-13-11-19-14-15(9-10-18-2)16-7-5-6-8-17(16)19/h5-8,14,18H,3-4,9-13H2,1-2H3. The number of benzene rings is 1. The number of ether oxygens (including phenoxy) is 1. The highest BCUT2D eigenvalue weighted by molar-refractivity contribution is 5.84. The van der Waals surface area contributed by atoms with Gasteiger partial charge in [0.1, 0.15) is 0 Å². The van der Waals surface area contributed by atoms with Crippen LogP contribution in [0.25, 0.3) is 10.9 Å². The third-order valence-electron chi connectivity index (χ3n) is 3.63. The summed E-state index contributed by atoms with van der Waals surface area (Å²) in [5, 5.41) is 4.59. The molecule has 1 heterocycles. The monoisotopic (exact) mass is 274 g/mol. The van der Waals surface area contributed by atoms with Crippen molar-refractivity contribution in [3.63, 3.8) is 0 Å². The van der Waals surface area contributed by atoms with E-state index in [1.807, 2.05) is 7.05 Å². The number of nitrogens with zero attached hydrogens (tertiary/aromatic N) is 1. The molecule has 0 aliphatic rings. The molecule has 0 saturated carbocycles. The Morgan fingerprint density at radius 1 is 1.20 bits per heavy atom. The minimum atomic E-state index is 0.796. The molecular formula is C17H26N2O. The van der Waals surface area contributed by atoms with E-state index in [4.69, 9.17) is 4.74 Å². The summed E-state index contributed by atoms with van der Waals surface area (Å²) in [6, 6.07) is 8.64. The number of aromatic nitrogens is 1. The summed E-state index contributed by atoms with van der Waals surface area (Å²) in [5.41, 5.74) is 2.74. The summed E-state index contributed by atoms with van der Waals surface area (Å²) >= 11 is 0. The molecule has 0 unspecified atom stereocenters. The first-order valence-corrected chi connectivity index (χ1v) is 7.66. The largest absolute Gasteiger partial charge is 0.380 e. The lowest BCUT2D eigenvalue weighted by molar-refractivity contribution is 0.124. The fraction of sp³-hybridized carbons (Fsp3) is 0.529. The van der Waals surface area contributed by atoms with E-state index in [9.17, 15) is 0 Å². The summed E-state index contributed by atoms with van der Waals surface area (Å²) < 4.78 is 8.01. The molecule has 2 aromatic rings. The number of fused-ring (bicyclic) bond motifs is 1. The molecule has 3 heteroatoms. The van der Waals surface area contributed by atoms with Crippen LogP contribution >= 0.6 is 0 Å². The van der Waals surface area contributed by atoms with E-state index in [0.717, 1.165) is 39.1 Å².